The summed E-state index contributed by atoms with van der Waals surface area (Å²) in [4.78, 5) is 0. The monoisotopic (exact) mass is 168 g/mol. The number of alkyl halides is 1. The third-order valence-electron chi connectivity index (χ3n) is 1.08. The number of rotatable bonds is 5. The first kappa shape index (κ1) is 9.44. The van der Waals surface area contributed by atoms with Crippen LogP contribution in [0.5, 0.6) is 0 Å². The normalized spacial score (nSPS) is 13.6. The van der Waals surface area contributed by atoms with Gasteiger partial charge in [0.2, 0.25) is 0 Å². The molecule has 0 bridgehead atoms. The summed E-state index contributed by atoms with van der Waals surface area (Å²) in [5.41, 5.74) is 0. The fraction of sp³-hybridized carbons (Fsp3) is 1.00. The van der Waals surface area contributed by atoms with Gasteiger partial charge in [0.15, 0.2) is 0 Å². The first-order chi connectivity index (χ1) is 4.31. The Balaban J connectivity index is 2.97. The minimum absolute atomic E-state index is 0.587. The van der Waals surface area contributed by atoms with Crippen LogP contribution in [0.25, 0.3) is 0 Å². The van der Waals surface area contributed by atoms with E-state index in [1.807, 2.05) is 6.92 Å². The maximum Gasteiger partial charge on any atom is 0.0235 e. The van der Waals surface area contributed by atoms with E-state index in [-0.39, 0.29) is 0 Å². The van der Waals surface area contributed by atoms with Crippen LogP contribution in [0.4, 0.5) is 0 Å². The zero-order valence-corrected chi connectivity index (χ0v) is 7.30. The summed E-state index contributed by atoms with van der Waals surface area (Å²) in [6.45, 7) is 1.94. The maximum atomic E-state index is 10.8. The van der Waals surface area contributed by atoms with Gasteiger partial charge >= 0.3 is 0 Å². The first-order valence-electron chi connectivity index (χ1n) is 3.22. The van der Waals surface area contributed by atoms with E-state index < -0.39 is 10.8 Å². The van der Waals surface area contributed by atoms with Gasteiger partial charge in [0.05, 0.1) is 0 Å². The Morgan fingerprint density at radius 2 is 2.11 bits per heavy atom. The number of halogens is 1. The van der Waals surface area contributed by atoms with Crippen molar-refractivity contribution in [2.75, 3.05) is 17.4 Å². The molecule has 0 saturated heterocycles. The fourth-order valence-corrected chi connectivity index (χ4v) is 1.51. The molecule has 3 heteroatoms. The molecule has 0 aliphatic heterocycles. The van der Waals surface area contributed by atoms with E-state index >= 15 is 0 Å². The summed E-state index contributed by atoms with van der Waals surface area (Å²) < 4.78 is 10.8. The Kier molecular flexibility index (Phi) is 6.88. The highest BCUT2D eigenvalue weighted by atomic mass is 35.5. The Bertz CT molecular complexity index is 85.1. The van der Waals surface area contributed by atoms with Crippen molar-refractivity contribution in [1.29, 1.82) is 0 Å². The molecule has 0 radical (unpaired) electrons. The summed E-state index contributed by atoms with van der Waals surface area (Å²) in [5, 5.41) is 0. The van der Waals surface area contributed by atoms with Crippen LogP contribution in [0.2, 0.25) is 0 Å². The molecule has 0 spiro atoms. The van der Waals surface area contributed by atoms with Gasteiger partial charge in [-0.15, -0.1) is 11.6 Å². The van der Waals surface area contributed by atoms with Crippen LogP contribution in [0, 0.1) is 0 Å². The average molecular weight is 169 g/mol. The summed E-state index contributed by atoms with van der Waals surface area (Å²) in [5.74, 6) is 2.30. The molecule has 9 heavy (non-hydrogen) atoms. The zero-order valence-electron chi connectivity index (χ0n) is 5.73. The summed E-state index contributed by atoms with van der Waals surface area (Å²) >= 11 is 5.43. The molecule has 56 valence electrons. The largest absolute Gasteiger partial charge is 0.260 e. The summed E-state index contributed by atoms with van der Waals surface area (Å²) in [6, 6.07) is 0. The molecular weight excluding hydrogens is 156 g/mol. The quantitative estimate of drug-likeness (QED) is 0.452. The smallest absolute Gasteiger partial charge is 0.0235 e. The SMILES string of the molecule is CCS(=O)CCCCCl. The lowest BCUT2D eigenvalue weighted by atomic mass is 10.4. The Morgan fingerprint density at radius 3 is 2.56 bits per heavy atom. The van der Waals surface area contributed by atoms with E-state index in [9.17, 15) is 4.21 Å². The second-order valence-corrected chi connectivity index (χ2v) is 4.07. The van der Waals surface area contributed by atoms with Crippen molar-refractivity contribution in [1.82, 2.24) is 0 Å². The van der Waals surface area contributed by atoms with Gasteiger partial charge in [0, 0.05) is 28.2 Å². The molecule has 1 atom stereocenters. The molecular formula is C6H13ClOS. The van der Waals surface area contributed by atoms with Crippen LogP contribution in [0.15, 0.2) is 0 Å². The minimum atomic E-state index is -0.587. The number of hydrogen-bond donors (Lipinski definition) is 0. The highest BCUT2D eigenvalue weighted by Crippen LogP contribution is 1.94. The molecule has 0 aromatic carbocycles. The van der Waals surface area contributed by atoms with Crippen LogP contribution >= 0.6 is 11.6 Å². The van der Waals surface area contributed by atoms with Crippen LogP contribution in [-0.2, 0) is 10.8 Å². The van der Waals surface area contributed by atoms with Crippen molar-refractivity contribution in [2.24, 2.45) is 0 Å². The van der Waals surface area contributed by atoms with E-state index in [1.54, 1.807) is 0 Å². The second kappa shape index (κ2) is 6.56. The molecule has 1 unspecified atom stereocenters. The molecule has 0 fully saturated rings. The Morgan fingerprint density at radius 1 is 1.44 bits per heavy atom. The molecule has 1 nitrogen and oxygen atoms in total. The van der Waals surface area contributed by atoms with Gasteiger partial charge in [-0.3, -0.25) is 4.21 Å². The van der Waals surface area contributed by atoms with Crippen LogP contribution < -0.4 is 0 Å². The lowest BCUT2D eigenvalue weighted by Gasteiger charge is -1.94. The molecule has 0 aliphatic rings. The highest BCUT2D eigenvalue weighted by Gasteiger charge is 1.93. The van der Waals surface area contributed by atoms with E-state index in [0.717, 1.165) is 24.3 Å². The van der Waals surface area contributed by atoms with Crippen molar-refractivity contribution in [3.05, 3.63) is 0 Å². The van der Waals surface area contributed by atoms with E-state index in [2.05, 4.69) is 0 Å². The summed E-state index contributed by atoms with van der Waals surface area (Å²) in [6.07, 6.45) is 2.00. The highest BCUT2D eigenvalue weighted by molar-refractivity contribution is 7.84. The average Bonchev–Trinajstić information content (AvgIpc) is 1.89. The Hall–Kier alpha value is 0.440. The van der Waals surface area contributed by atoms with Gasteiger partial charge in [-0.2, -0.15) is 0 Å². The van der Waals surface area contributed by atoms with Gasteiger partial charge in [0.25, 0.3) is 0 Å². The second-order valence-electron chi connectivity index (χ2n) is 1.83. The van der Waals surface area contributed by atoms with Crippen LogP contribution in [-0.4, -0.2) is 21.6 Å². The predicted molar refractivity (Wildman–Crippen MR) is 43.5 cm³/mol. The molecule has 0 saturated carbocycles. The lowest BCUT2D eigenvalue weighted by Crippen LogP contribution is -1.99. The van der Waals surface area contributed by atoms with Crippen LogP contribution in [0.3, 0.4) is 0 Å². The zero-order chi connectivity index (χ0) is 7.11. The molecule has 0 heterocycles. The third kappa shape index (κ3) is 6.32. The molecule has 0 aliphatic carbocycles. The lowest BCUT2D eigenvalue weighted by molar-refractivity contribution is 0.680. The van der Waals surface area contributed by atoms with Crippen LogP contribution in [0.1, 0.15) is 19.8 Å². The van der Waals surface area contributed by atoms with Gasteiger partial charge in [-0.1, -0.05) is 6.92 Å². The van der Waals surface area contributed by atoms with Gasteiger partial charge in [-0.25, -0.2) is 0 Å². The predicted octanol–water partition coefficient (Wildman–Crippen LogP) is 1.77. The molecule has 0 N–H and O–H groups in total. The van der Waals surface area contributed by atoms with Gasteiger partial charge in [0.1, 0.15) is 0 Å². The van der Waals surface area contributed by atoms with Crippen molar-refractivity contribution >= 4 is 22.4 Å². The van der Waals surface area contributed by atoms with Crippen molar-refractivity contribution in [2.45, 2.75) is 19.8 Å². The van der Waals surface area contributed by atoms with Crippen molar-refractivity contribution in [3.63, 3.8) is 0 Å². The number of unbranched alkanes of at least 4 members (excludes halogenated alkanes) is 1. The van der Waals surface area contributed by atoms with Gasteiger partial charge in [-0.05, 0) is 12.8 Å². The topological polar surface area (TPSA) is 17.1 Å². The molecule has 0 aromatic heterocycles. The third-order valence-corrected chi connectivity index (χ3v) is 2.73. The van der Waals surface area contributed by atoms with Crippen molar-refractivity contribution in [3.8, 4) is 0 Å². The minimum Gasteiger partial charge on any atom is -0.260 e. The molecule has 0 amide bonds. The van der Waals surface area contributed by atoms with E-state index in [1.165, 1.54) is 0 Å². The summed E-state index contributed by atoms with van der Waals surface area (Å²) in [7, 11) is -0.587. The number of hydrogen-bond acceptors (Lipinski definition) is 1. The maximum absolute atomic E-state index is 10.8. The van der Waals surface area contributed by atoms with E-state index in [0.29, 0.717) is 5.88 Å². The molecule has 0 aromatic rings. The van der Waals surface area contributed by atoms with Gasteiger partial charge < -0.3 is 0 Å². The van der Waals surface area contributed by atoms with Crippen molar-refractivity contribution < 1.29 is 4.21 Å². The molecule has 0 rings (SSSR count). The first-order valence-corrected chi connectivity index (χ1v) is 5.24. The Labute approximate surface area is 64.2 Å². The van der Waals surface area contributed by atoms with E-state index in [4.69, 9.17) is 11.6 Å². The fourth-order valence-electron chi connectivity index (χ4n) is 0.502. The standard InChI is InChI=1S/C6H13ClOS/c1-2-9(8)6-4-3-5-7/h2-6H2,1H3.